The van der Waals surface area contributed by atoms with E-state index in [2.05, 4.69) is 14.9 Å². The number of nitrogens with one attached hydrogen (secondary N) is 1. The topological polar surface area (TPSA) is 90.0 Å². The minimum atomic E-state index is -4.51. The number of hydrogen-bond acceptors (Lipinski definition) is 5. The lowest BCUT2D eigenvalue weighted by molar-refractivity contribution is -0.137. The molecule has 0 unspecified atom stereocenters. The Kier molecular flexibility index (Phi) is 4.74. The molecule has 2 aromatic heterocycles. The lowest BCUT2D eigenvalue weighted by Gasteiger charge is -2.11. The van der Waals surface area contributed by atoms with E-state index in [1.165, 1.54) is 0 Å². The van der Waals surface area contributed by atoms with Crippen LogP contribution in [0, 0.1) is 20.8 Å². The molecule has 0 aliphatic rings. The summed E-state index contributed by atoms with van der Waals surface area (Å²) < 4.78 is 73.6. The van der Waals surface area contributed by atoms with E-state index in [1.54, 1.807) is 32.4 Å². The number of anilines is 1. The molecule has 0 spiro atoms. The maximum Gasteiger partial charge on any atom is 0.416 e. The zero-order valence-electron chi connectivity index (χ0n) is 15.4. The van der Waals surface area contributed by atoms with E-state index in [1.807, 2.05) is 0 Å². The largest absolute Gasteiger partial charge is 0.421 e. The number of aryl methyl sites for hydroxylation is 1. The van der Waals surface area contributed by atoms with Gasteiger partial charge in [-0.25, -0.2) is 8.42 Å². The van der Waals surface area contributed by atoms with Crippen LogP contribution in [0.2, 0.25) is 0 Å². The van der Waals surface area contributed by atoms with Crippen molar-refractivity contribution in [3.63, 3.8) is 0 Å². The zero-order valence-corrected chi connectivity index (χ0v) is 16.2. The van der Waals surface area contributed by atoms with Gasteiger partial charge in [0.25, 0.3) is 15.9 Å². The zero-order chi connectivity index (χ0) is 20.9. The molecule has 1 N–H and O–H groups in total. The minimum absolute atomic E-state index is 0.00145. The Morgan fingerprint density at radius 2 is 1.64 bits per heavy atom. The number of alkyl halides is 3. The van der Waals surface area contributed by atoms with E-state index in [9.17, 15) is 21.6 Å². The number of sulfonamides is 1. The van der Waals surface area contributed by atoms with Gasteiger partial charge in [0.15, 0.2) is 0 Å². The van der Waals surface area contributed by atoms with Crippen LogP contribution >= 0.6 is 0 Å². The summed E-state index contributed by atoms with van der Waals surface area (Å²) in [4.78, 5) is -0.0731. The highest BCUT2D eigenvalue weighted by Crippen LogP contribution is 2.36. The normalized spacial score (nSPS) is 12.4. The van der Waals surface area contributed by atoms with Crippen LogP contribution in [0.1, 0.15) is 22.8 Å². The van der Waals surface area contributed by atoms with Crippen LogP contribution in [-0.2, 0) is 23.2 Å². The summed E-state index contributed by atoms with van der Waals surface area (Å²) >= 11 is 0. The Morgan fingerprint density at radius 1 is 1.04 bits per heavy atom. The number of rotatable bonds is 4. The Hall–Kier alpha value is -2.82. The molecule has 0 radical (unpaired) electrons. The van der Waals surface area contributed by atoms with E-state index in [0.717, 1.165) is 24.3 Å². The van der Waals surface area contributed by atoms with Crippen molar-refractivity contribution in [2.45, 2.75) is 31.8 Å². The van der Waals surface area contributed by atoms with Gasteiger partial charge in [-0.2, -0.15) is 13.2 Å². The van der Waals surface area contributed by atoms with Gasteiger partial charge in [0, 0.05) is 31.0 Å². The molecule has 150 valence electrons. The van der Waals surface area contributed by atoms with Crippen molar-refractivity contribution < 1.29 is 26.0 Å². The molecule has 7 nitrogen and oxygen atoms in total. The van der Waals surface area contributed by atoms with Gasteiger partial charge >= 0.3 is 6.18 Å². The van der Waals surface area contributed by atoms with Gasteiger partial charge in [-0.3, -0.25) is 4.72 Å². The Balaban J connectivity index is 2.06. The van der Waals surface area contributed by atoms with E-state index in [4.69, 9.17) is 4.42 Å². The van der Waals surface area contributed by atoms with Gasteiger partial charge in [-0.05, 0) is 38.1 Å². The molecule has 0 saturated carbocycles. The van der Waals surface area contributed by atoms with Crippen LogP contribution in [0.5, 0.6) is 0 Å². The number of benzene rings is 1. The SMILES string of the molecule is Cc1nnc(-c2c(S(=O)(=O)Nc3ccc(C(F)(F)F)cc3)c(C)n(C)c2C)o1. The third-order valence-electron chi connectivity index (χ3n) is 4.40. The smallest absolute Gasteiger partial charge is 0.416 e. The van der Waals surface area contributed by atoms with Gasteiger partial charge in [-0.15, -0.1) is 10.2 Å². The molecule has 0 amide bonds. The number of nitrogens with zero attached hydrogens (tertiary/aromatic N) is 3. The highest BCUT2D eigenvalue weighted by atomic mass is 32.2. The summed E-state index contributed by atoms with van der Waals surface area (Å²) in [5.74, 6) is 0.321. The van der Waals surface area contributed by atoms with Crippen molar-refractivity contribution in [2.75, 3.05) is 4.72 Å². The highest BCUT2D eigenvalue weighted by molar-refractivity contribution is 7.93. The molecule has 0 atom stereocenters. The quantitative estimate of drug-likeness (QED) is 0.701. The van der Waals surface area contributed by atoms with Crippen LogP contribution in [0.4, 0.5) is 18.9 Å². The van der Waals surface area contributed by atoms with Crippen LogP contribution in [0.3, 0.4) is 0 Å². The molecule has 11 heteroatoms. The average Bonchev–Trinajstić information content (AvgIpc) is 3.11. The molecule has 1 aromatic carbocycles. The molecule has 0 aliphatic carbocycles. The molecular weight excluding hydrogens is 397 g/mol. The summed E-state index contributed by atoms with van der Waals surface area (Å²) in [6.07, 6.45) is -4.51. The van der Waals surface area contributed by atoms with Crippen LogP contribution in [-0.4, -0.2) is 23.2 Å². The van der Waals surface area contributed by atoms with Crippen LogP contribution in [0.25, 0.3) is 11.5 Å². The minimum Gasteiger partial charge on any atom is -0.421 e. The van der Waals surface area contributed by atoms with Gasteiger partial charge < -0.3 is 8.98 Å². The van der Waals surface area contributed by atoms with E-state index < -0.39 is 21.8 Å². The van der Waals surface area contributed by atoms with Crippen LogP contribution in [0.15, 0.2) is 33.6 Å². The van der Waals surface area contributed by atoms with Crippen molar-refractivity contribution in [2.24, 2.45) is 7.05 Å². The third-order valence-corrected chi connectivity index (χ3v) is 5.94. The van der Waals surface area contributed by atoms with E-state index in [0.29, 0.717) is 11.4 Å². The van der Waals surface area contributed by atoms with Crippen molar-refractivity contribution in [3.05, 3.63) is 47.1 Å². The molecule has 0 aliphatic heterocycles. The summed E-state index contributed by atoms with van der Waals surface area (Å²) in [7, 11) is -2.45. The Bertz CT molecular complexity index is 1130. The van der Waals surface area contributed by atoms with E-state index >= 15 is 0 Å². The summed E-state index contributed by atoms with van der Waals surface area (Å²) in [5.41, 5.74) is 0.391. The molecule has 0 saturated heterocycles. The first kappa shape index (κ1) is 19.9. The lowest BCUT2D eigenvalue weighted by atomic mass is 10.2. The molecule has 2 heterocycles. The van der Waals surface area contributed by atoms with Crippen molar-refractivity contribution >= 4 is 15.7 Å². The molecule has 28 heavy (non-hydrogen) atoms. The predicted molar refractivity (Wildman–Crippen MR) is 95.2 cm³/mol. The molecule has 3 aromatic rings. The van der Waals surface area contributed by atoms with Gasteiger partial charge in [-0.1, -0.05) is 0 Å². The van der Waals surface area contributed by atoms with Crippen LogP contribution < -0.4 is 4.72 Å². The maximum absolute atomic E-state index is 13.0. The molecule has 3 rings (SSSR count). The molecule has 0 fully saturated rings. The summed E-state index contributed by atoms with van der Waals surface area (Å²) in [6, 6.07) is 3.73. The lowest BCUT2D eigenvalue weighted by Crippen LogP contribution is -2.15. The fraction of sp³-hybridized carbons (Fsp3) is 0.294. The second-order valence-corrected chi connectivity index (χ2v) is 7.86. The fourth-order valence-corrected chi connectivity index (χ4v) is 4.41. The Morgan fingerprint density at radius 3 is 2.14 bits per heavy atom. The third kappa shape index (κ3) is 3.49. The average molecular weight is 414 g/mol. The number of halogens is 3. The van der Waals surface area contributed by atoms with E-state index in [-0.39, 0.29) is 27.9 Å². The second kappa shape index (κ2) is 6.66. The summed E-state index contributed by atoms with van der Waals surface area (Å²) in [6.45, 7) is 4.90. The Labute approximate surface area is 159 Å². The van der Waals surface area contributed by atoms with Gasteiger partial charge in [0.05, 0.1) is 11.1 Å². The standard InChI is InChI=1S/C17H17F3N4O3S/c1-9-14(16-22-21-11(3)27-16)15(10(2)24(9)4)28(25,26)23-13-7-5-12(6-8-13)17(18,19)20/h5-8,23H,1-4H3. The second-order valence-electron chi connectivity index (χ2n) is 6.24. The maximum atomic E-state index is 13.0. The fourth-order valence-electron chi connectivity index (χ4n) is 2.83. The number of aromatic nitrogens is 3. The number of hydrogen-bond donors (Lipinski definition) is 1. The monoisotopic (exact) mass is 414 g/mol. The first-order valence-corrected chi connectivity index (χ1v) is 9.56. The molecule has 0 bridgehead atoms. The van der Waals surface area contributed by atoms with Gasteiger partial charge in [0.2, 0.25) is 5.89 Å². The highest BCUT2D eigenvalue weighted by Gasteiger charge is 2.32. The summed E-state index contributed by atoms with van der Waals surface area (Å²) in [5, 5.41) is 7.64. The van der Waals surface area contributed by atoms with Crippen molar-refractivity contribution in [1.29, 1.82) is 0 Å². The molecular formula is C17H17F3N4O3S. The predicted octanol–water partition coefficient (Wildman–Crippen LogP) is 3.82. The van der Waals surface area contributed by atoms with Gasteiger partial charge in [0.1, 0.15) is 4.90 Å². The first-order valence-electron chi connectivity index (χ1n) is 8.08. The van der Waals surface area contributed by atoms with Crippen molar-refractivity contribution in [3.8, 4) is 11.5 Å². The first-order chi connectivity index (χ1) is 12.9. The van der Waals surface area contributed by atoms with Crippen molar-refractivity contribution in [1.82, 2.24) is 14.8 Å².